The molecule has 0 fully saturated rings. The molecule has 3 aromatic heterocycles. The van der Waals surface area contributed by atoms with E-state index >= 15 is 0 Å². The van der Waals surface area contributed by atoms with E-state index in [1.165, 1.54) is 0 Å². The molecule has 0 aliphatic heterocycles. The van der Waals surface area contributed by atoms with Crippen LogP contribution in [-0.2, 0) is 17.4 Å². The van der Waals surface area contributed by atoms with Crippen LogP contribution in [0.25, 0.3) is 5.65 Å². The summed E-state index contributed by atoms with van der Waals surface area (Å²) >= 11 is 0. The second kappa shape index (κ2) is 10.5. The monoisotopic (exact) mass is 542 g/mol. The van der Waals surface area contributed by atoms with Crippen LogP contribution in [0.1, 0.15) is 95.0 Å². The van der Waals surface area contributed by atoms with Gasteiger partial charge in [0.25, 0.3) is 0 Å². The molecule has 10 nitrogen and oxygen atoms in total. The van der Waals surface area contributed by atoms with Gasteiger partial charge in [0, 0.05) is 16.9 Å². The normalized spacial score (nSPS) is 17.4. The Morgan fingerprint density at radius 3 is 2.45 bits per heavy atom. The number of carbonyl (C=O) groups is 1. The third-order valence-electron chi connectivity index (χ3n) is 7.03. The third-order valence-corrected chi connectivity index (χ3v) is 7.03. The quantitative estimate of drug-likeness (QED) is 0.310. The number of hydrogen-bond donors (Lipinski definition) is 3. The molecule has 4 N–H and O–H groups in total. The minimum atomic E-state index is -0.325. The minimum absolute atomic E-state index is 0.146. The molecule has 0 radical (unpaired) electrons. The fourth-order valence-corrected chi connectivity index (χ4v) is 4.99. The Bertz CT molecular complexity index is 1530. The summed E-state index contributed by atoms with van der Waals surface area (Å²) < 4.78 is 8.51. The number of anilines is 1. The molecule has 1 aliphatic carbocycles. The lowest BCUT2D eigenvalue weighted by Crippen LogP contribution is -2.36. The van der Waals surface area contributed by atoms with Gasteiger partial charge >= 0.3 is 6.03 Å². The molecule has 4 aromatic rings. The summed E-state index contributed by atoms with van der Waals surface area (Å²) in [5.74, 6) is 2.55. The van der Waals surface area contributed by atoms with Crippen molar-refractivity contribution in [2.45, 2.75) is 83.9 Å². The van der Waals surface area contributed by atoms with E-state index in [1.54, 1.807) is 6.07 Å². The second-order valence-corrected chi connectivity index (χ2v) is 12.3. The maximum atomic E-state index is 13.1. The van der Waals surface area contributed by atoms with Crippen molar-refractivity contribution in [3.05, 3.63) is 77.1 Å². The predicted molar refractivity (Wildman–Crippen MR) is 154 cm³/mol. The van der Waals surface area contributed by atoms with Gasteiger partial charge < -0.3 is 15.8 Å². The topological polar surface area (TPSA) is 132 Å². The van der Waals surface area contributed by atoms with Gasteiger partial charge in [-0.25, -0.2) is 14.8 Å². The average Bonchev–Trinajstić information content (AvgIpc) is 3.33. The van der Waals surface area contributed by atoms with E-state index in [4.69, 9.17) is 10.5 Å². The summed E-state index contributed by atoms with van der Waals surface area (Å²) in [6.07, 6.45) is 3.28. The summed E-state index contributed by atoms with van der Waals surface area (Å²) in [4.78, 5) is 22.0. The summed E-state index contributed by atoms with van der Waals surface area (Å²) in [6.45, 7) is 12.7. The van der Waals surface area contributed by atoms with Gasteiger partial charge in [-0.2, -0.15) is 0 Å². The summed E-state index contributed by atoms with van der Waals surface area (Å²) in [6, 6.07) is 13.3. The van der Waals surface area contributed by atoms with Crippen LogP contribution in [0.4, 0.5) is 10.6 Å². The van der Waals surface area contributed by atoms with Crippen molar-refractivity contribution >= 4 is 17.5 Å². The van der Waals surface area contributed by atoms with E-state index in [2.05, 4.69) is 78.4 Å². The SMILES string of the molecule is CC(C)(C)c1cc(NC(=O)NC2CCC(Oc3ccc4nnc(C(C)(C)C)n4c3)c3ccccc32)nc(CN)n1. The molecule has 3 heterocycles. The lowest BCUT2D eigenvalue weighted by Gasteiger charge is -2.32. The number of nitrogens with zero attached hydrogens (tertiary/aromatic N) is 5. The number of amides is 2. The standard InChI is InChI=1S/C30H38N8O2/c1-29(2,3)23-15-24(34-25(16-31)33-23)35-28(39)32-21-12-13-22(20-10-8-7-9-19(20)21)40-18-11-14-26-36-37-27(30(4,5)6)38(26)17-18/h7-11,14-15,17,21-22H,12-13,16,31H2,1-6H3,(H2,32,33,34,35,39). The van der Waals surface area contributed by atoms with E-state index in [0.717, 1.165) is 46.9 Å². The highest BCUT2D eigenvalue weighted by Gasteiger charge is 2.30. The predicted octanol–water partition coefficient (Wildman–Crippen LogP) is 5.35. The van der Waals surface area contributed by atoms with Crippen molar-refractivity contribution in [2.24, 2.45) is 5.73 Å². The zero-order valence-electron chi connectivity index (χ0n) is 24.0. The molecule has 0 saturated heterocycles. The van der Waals surface area contributed by atoms with E-state index in [9.17, 15) is 4.79 Å². The molecule has 0 spiro atoms. The van der Waals surface area contributed by atoms with Crippen molar-refractivity contribution in [3.63, 3.8) is 0 Å². The van der Waals surface area contributed by atoms with Crippen LogP contribution in [0.15, 0.2) is 48.7 Å². The Balaban J connectivity index is 1.33. The molecule has 210 valence electrons. The van der Waals surface area contributed by atoms with E-state index in [1.807, 2.05) is 40.9 Å². The molecule has 1 aromatic carbocycles. The van der Waals surface area contributed by atoms with Gasteiger partial charge in [-0.1, -0.05) is 65.8 Å². The van der Waals surface area contributed by atoms with Crippen LogP contribution >= 0.6 is 0 Å². The Hall–Kier alpha value is -4.05. The molecular formula is C30H38N8O2. The van der Waals surface area contributed by atoms with Crippen molar-refractivity contribution < 1.29 is 9.53 Å². The Morgan fingerprint density at radius 2 is 1.75 bits per heavy atom. The minimum Gasteiger partial charge on any atom is -0.484 e. The molecule has 2 atom stereocenters. The van der Waals surface area contributed by atoms with Crippen LogP contribution in [-0.4, -0.2) is 30.6 Å². The van der Waals surface area contributed by atoms with Crippen LogP contribution in [0.2, 0.25) is 0 Å². The highest BCUT2D eigenvalue weighted by molar-refractivity contribution is 5.88. The fourth-order valence-electron chi connectivity index (χ4n) is 4.99. The summed E-state index contributed by atoms with van der Waals surface area (Å²) in [7, 11) is 0. The number of aromatic nitrogens is 5. The van der Waals surface area contributed by atoms with Gasteiger partial charge in [-0.3, -0.25) is 9.72 Å². The van der Waals surface area contributed by atoms with E-state index < -0.39 is 0 Å². The number of nitrogens with one attached hydrogen (secondary N) is 2. The summed E-state index contributed by atoms with van der Waals surface area (Å²) in [5, 5.41) is 14.7. The lowest BCUT2D eigenvalue weighted by atomic mass is 9.85. The molecule has 1 aliphatic rings. The first kappa shape index (κ1) is 27.5. The first-order chi connectivity index (χ1) is 18.9. The van der Waals surface area contributed by atoms with Gasteiger partial charge in [0.2, 0.25) is 0 Å². The van der Waals surface area contributed by atoms with Gasteiger partial charge in [0.15, 0.2) is 5.65 Å². The lowest BCUT2D eigenvalue weighted by molar-refractivity contribution is 0.171. The van der Waals surface area contributed by atoms with Gasteiger partial charge in [-0.05, 0) is 36.1 Å². The fraction of sp³-hybridized carbons (Fsp3) is 0.433. The van der Waals surface area contributed by atoms with Crippen LogP contribution in [0, 0.1) is 0 Å². The second-order valence-electron chi connectivity index (χ2n) is 12.3. The van der Waals surface area contributed by atoms with Gasteiger partial charge in [-0.15, -0.1) is 10.2 Å². The maximum Gasteiger partial charge on any atom is 0.320 e. The zero-order valence-corrected chi connectivity index (χ0v) is 24.0. The number of rotatable bonds is 5. The highest BCUT2D eigenvalue weighted by Crippen LogP contribution is 2.39. The van der Waals surface area contributed by atoms with E-state index in [-0.39, 0.29) is 35.6 Å². The molecule has 2 unspecified atom stereocenters. The van der Waals surface area contributed by atoms with Crippen molar-refractivity contribution in [1.29, 1.82) is 0 Å². The smallest absolute Gasteiger partial charge is 0.320 e. The number of ether oxygens (including phenoxy) is 1. The van der Waals surface area contributed by atoms with Crippen LogP contribution in [0.5, 0.6) is 5.75 Å². The zero-order chi connectivity index (χ0) is 28.7. The number of benzene rings is 1. The molecule has 40 heavy (non-hydrogen) atoms. The number of urea groups is 1. The first-order valence-electron chi connectivity index (χ1n) is 13.7. The van der Waals surface area contributed by atoms with Crippen LogP contribution in [0.3, 0.4) is 0 Å². The van der Waals surface area contributed by atoms with E-state index in [0.29, 0.717) is 11.6 Å². The number of fused-ring (bicyclic) bond motifs is 2. The van der Waals surface area contributed by atoms with Crippen molar-refractivity contribution in [3.8, 4) is 5.75 Å². The first-order valence-corrected chi connectivity index (χ1v) is 13.7. The third kappa shape index (κ3) is 5.77. The van der Waals surface area contributed by atoms with Crippen molar-refractivity contribution in [1.82, 2.24) is 29.9 Å². The Kier molecular flexibility index (Phi) is 7.22. The number of nitrogens with two attached hydrogens (primary N) is 1. The Morgan fingerprint density at radius 1 is 1.00 bits per heavy atom. The number of hydrogen-bond acceptors (Lipinski definition) is 7. The molecule has 10 heteroatoms. The maximum absolute atomic E-state index is 13.1. The van der Waals surface area contributed by atoms with Crippen molar-refractivity contribution in [2.75, 3.05) is 5.32 Å². The molecule has 2 amide bonds. The number of pyridine rings is 1. The molecule has 5 rings (SSSR count). The molecular weight excluding hydrogens is 504 g/mol. The van der Waals surface area contributed by atoms with Crippen LogP contribution < -0.4 is 21.1 Å². The molecule has 0 bridgehead atoms. The Labute approximate surface area is 234 Å². The van der Waals surface area contributed by atoms with Gasteiger partial charge in [0.05, 0.1) is 24.5 Å². The summed E-state index contributed by atoms with van der Waals surface area (Å²) in [5.41, 5.74) is 9.15. The molecule has 0 saturated carbocycles. The van der Waals surface area contributed by atoms with Gasteiger partial charge in [0.1, 0.15) is 29.3 Å². The number of carbonyl (C=O) groups excluding carboxylic acids is 1. The highest BCUT2D eigenvalue weighted by atomic mass is 16.5. The average molecular weight is 543 g/mol. The largest absolute Gasteiger partial charge is 0.484 e.